The zero-order chi connectivity index (χ0) is 15.9. The van der Waals surface area contributed by atoms with Gasteiger partial charge in [0.1, 0.15) is 6.33 Å². The van der Waals surface area contributed by atoms with Crippen molar-refractivity contribution in [1.29, 1.82) is 0 Å². The molecule has 1 rings (SSSR count). The van der Waals surface area contributed by atoms with Gasteiger partial charge >= 0.3 is 6.03 Å². The summed E-state index contributed by atoms with van der Waals surface area (Å²) in [5.74, 6) is 2.11. The predicted molar refractivity (Wildman–Crippen MR) is 75.4 cm³/mol. The Bertz CT molecular complexity index is 617. The van der Waals surface area contributed by atoms with Gasteiger partial charge in [-0.2, -0.15) is 4.68 Å². The molecule has 0 N–H and O–H groups in total. The second-order valence-electron chi connectivity index (χ2n) is 3.99. The Labute approximate surface area is 124 Å². The second-order valence-corrected chi connectivity index (χ2v) is 5.99. The first-order chi connectivity index (χ1) is 9.96. The third kappa shape index (κ3) is 4.54. The van der Waals surface area contributed by atoms with Gasteiger partial charge in [0.25, 0.3) is 5.16 Å². The van der Waals surface area contributed by atoms with Crippen LogP contribution in [0.2, 0.25) is 0 Å². The lowest BCUT2D eigenvalue weighted by molar-refractivity contribution is 0.163. The van der Waals surface area contributed by atoms with Crippen LogP contribution in [-0.2, 0) is 14.6 Å². The molecular formula is C12H18N4O4S. The first kappa shape index (κ1) is 17.1. The first-order valence-electron chi connectivity index (χ1n) is 6.41. The van der Waals surface area contributed by atoms with Crippen LogP contribution in [0.4, 0.5) is 4.79 Å². The Morgan fingerprint density at radius 1 is 1.52 bits per heavy atom. The molecule has 0 aromatic carbocycles. The zero-order valence-electron chi connectivity index (χ0n) is 12.0. The molecule has 0 radical (unpaired) electrons. The van der Waals surface area contributed by atoms with Crippen molar-refractivity contribution in [3.63, 3.8) is 0 Å². The number of amides is 1. The number of rotatable bonds is 7. The molecule has 0 aliphatic rings. The van der Waals surface area contributed by atoms with Gasteiger partial charge in [0, 0.05) is 13.2 Å². The Hall–Kier alpha value is -1.92. The summed E-state index contributed by atoms with van der Waals surface area (Å²) in [5.41, 5.74) is 0. The van der Waals surface area contributed by atoms with Crippen LogP contribution < -0.4 is 0 Å². The van der Waals surface area contributed by atoms with Crippen molar-refractivity contribution in [2.75, 3.05) is 32.1 Å². The van der Waals surface area contributed by atoms with E-state index in [-0.39, 0.29) is 18.9 Å². The van der Waals surface area contributed by atoms with Gasteiger partial charge in [-0.05, 0) is 13.8 Å². The lowest BCUT2D eigenvalue weighted by atomic mass is 10.5. The normalized spacial score (nSPS) is 11.1. The molecule has 1 aromatic rings. The van der Waals surface area contributed by atoms with Crippen molar-refractivity contribution in [3.05, 3.63) is 6.33 Å². The maximum Gasteiger partial charge on any atom is 0.346 e. The average molecular weight is 314 g/mol. The molecule has 0 saturated carbocycles. The van der Waals surface area contributed by atoms with Crippen LogP contribution in [0.25, 0.3) is 0 Å². The number of carbonyl (C=O) groups is 1. The second kappa shape index (κ2) is 7.75. The molecule has 116 valence electrons. The van der Waals surface area contributed by atoms with Gasteiger partial charge < -0.3 is 9.64 Å². The predicted octanol–water partition coefficient (Wildman–Crippen LogP) is 0.0115. The quantitative estimate of drug-likeness (QED) is 0.520. The maximum atomic E-state index is 12.0. The van der Waals surface area contributed by atoms with E-state index in [1.165, 1.54) is 4.90 Å². The number of carbonyl (C=O) groups excluding carboxylic acids is 1. The molecule has 0 spiro atoms. The summed E-state index contributed by atoms with van der Waals surface area (Å²) in [4.78, 5) is 17.1. The van der Waals surface area contributed by atoms with Crippen LogP contribution in [0.3, 0.4) is 0 Å². The summed E-state index contributed by atoms with van der Waals surface area (Å²) < 4.78 is 29.7. The molecule has 9 heteroatoms. The minimum atomic E-state index is -3.67. The van der Waals surface area contributed by atoms with E-state index in [1.807, 2.05) is 0 Å². The van der Waals surface area contributed by atoms with E-state index >= 15 is 0 Å². The van der Waals surface area contributed by atoms with Crippen LogP contribution in [0, 0.1) is 12.3 Å². The molecular weight excluding hydrogens is 296 g/mol. The van der Waals surface area contributed by atoms with Crippen LogP contribution in [-0.4, -0.2) is 66.2 Å². The Morgan fingerprint density at radius 2 is 2.24 bits per heavy atom. The van der Waals surface area contributed by atoms with Crippen LogP contribution in [0.15, 0.2) is 11.5 Å². The standard InChI is InChI=1S/C12H18N4O4S/c1-4-7-15(5-2)12(17)16-10-13-11(14-16)21(18,19)9-8-20-6-3/h1,10H,5-9H2,2-3H3. The smallest absolute Gasteiger partial charge is 0.346 e. The summed E-state index contributed by atoms with van der Waals surface area (Å²) in [6.45, 7) is 4.50. The third-order valence-electron chi connectivity index (χ3n) is 2.58. The number of terminal acetylenes is 1. The van der Waals surface area contributed by atoms with Crippen LogP contribution in [0.5, 0.6) is 0 Å². The molecule has 0 unspecified atom stereocenters. The molecule has 0 bridgehead atoms. The number of hydrogen-bond acceptors (Lipinski definition) is 6. The van der Waals surface area contributed by atoms with Gasteiger partial charge in [-0.15, -0.1) is 11.5 Å². The lowest BCUT2D eigenvalue weighted by Gasteiger charge is -2.16. The van der Waals surface area contributed by atoms with Crippen molar-refractivity contribution in [1.82, 2.24) is 19.7 Å². The van der Waals surface area contributed by atoms with Crippen molar-refractivity contribution in [2.45, 2.75) is 19.0 Å². The van der Waals surface area contributed by atoms with Crippen molar-refractivity contribution in [3.8, 4) is 12.3 Å². The summed E-state index contributed by atoms with van der Waals surface area (Å²) in [6.07, 6.45) is 6.23. The van der Waals surface area contributed by atoms with Crippen molar-refractivity contribution in [2.24, 2.45) is 0 Å². The highest BCUT2D eigenvalue weighted by molar-refractivity contribution is 7.91. The summed E-state index contributed by atoms with van der Waals surface area (Å²) in [5, 5.41) is 3.32. The number of aromatic nitrogens is 3. The van der Waals surface area contributed by atoms with E-state index in [1.54, 1.807) is 13.8 Å². The Balaban J connectivity index is 2.85. The largest absolute Gasteiger partial charge is 0.381 e. The molecule has 21 heavy (non-hydrogen) atoms. The summed E-state index contributed by atoms with van der Waals surface area (Å²) in [7, 11) is -3.67. The Morgan fingerprint density at radius 3 is 2.81 bits per heavy atom. The van der Waals surface area contributed by atoms with E-state index in [0.717, 1.165) is 11.0 Å². The van der Waals surface area contributed by atoms with Crippen molar-refractivity contribution < 1.29 is 17.9 Å². The van der Waals surface area contributed by atoms with Crippen molar-refractivity contribution >= 4 is 15.9 Å². The van der Waals surface area contributed by atoms with E-state index in [2.05, 4.69) is 16.0 Å². The van der Waals surface area contributed by atoms with Gasteiger partial charge in [-0.3, -0.25) is 0 Å². The van der Waals surface area contributed by atoms with Gasteiger partial charge in [0.05, 0.1) is 18.9 Å². The maximum absolute atomic E-state index is 12.0. The van der Waals surface area contributed by atoms with E-state index in [0.29, 0.717) is 13.2 Å². The lowest BCUT2D eigenvalue weighted by Crippen LogP contribution is -2.35. The number of nitrogens with zero attached hydrogens (tertiary/aromatic N) is 4. The fraction of sp³-hybridized carbons (Fsp3) is 0.583. The van der Waals surface area contributed by atoms with Gasteiger partial charge in [0.2, 0.25) is 9.84 Å². The molecule has 1 heterocycles. The highest BCUT2D eigenvalue weighted by Gasteiger charge is 2.22. The molecule has 0 atom stereocenters. The van der Waals surface area contributed by atoms with E-state index < -0.39 is 21.0 Å². The molecule has 0 saturated heterocycles. The monoisotopic (exact) mass is 314 g/mol. The zero-order valence-corrected chi connectivity index (χ0v) is 12.8. The minimum Gasteiger partial charge on any atom is -0.381 e. The van der Waals surface area contributed by atoms with Crippen LogP contribution >= 0.6 is 0 Å². The fourth-order valence-electron chi connectivity index (χ4n) is 1.46. The molecule has 0 fully saturated rings. The Kier molecular flexibility index (Phi) is 6.33. The van der Waals surface area contributed by atoms with E-state index in [9.17, 15) is 13.2 Å². The molecule has 1 aromatic heterocycles. The molecule has 0 aliphatic heterocycles. The third-order valence-corrected chi connectivity index (χ3v) is 4.03. The number of hydrogen-bond donors (Lipinski definition) is 0. The summed E-state index contributed by atoms with van der Waals surface area (Å²) >= 11 is 0. The number of ether oxygens (including phenoxy) is 1. The SMILES string of the molecule is C#CCN(CC)C(=O)n1cnc(S(=O)(=O)CCOCC)n1. The van der Waals surface area contributed by atoms with Gasteiger partial charge in [-0.25, -0.2) is 18.2 Å². The van der Waals surface area contributed by atoms with E-state index in [4.69, 9.17) is 11.2 Å². The fourth-order valence-corrected chi connectivity index (χ4v) is 2.40. The van der Waals surface area contributed by atoms with Gasteiger partial charge in [0.15, 0.2) is 0 Å². The molecule has 8 nitrogen and oxygen atoms in total. The molecule has 0 aliphatic carbocycles. The minimum absolute atomic E-state index is 0.0551. The summed E-state index contributed by atoms with van der Waals surface area (Å²) in [6, 6.07) is -0.519. The molecule has 1 amide bonds. The highest BCUT2D eigenvalue weighted by Crippen LogP contribution is 2.05. The number of sulfone groups is 1. The topological polar surface area (TPSA) is 94.4 Å². The highest BCUT2D eigenvalue weighted by atomic mass is 32.2. The average Bonchev–Trinajstić information content (AvgIpc) is 2.95. The van der Waals surface area contributed by atoms with Crippen LogP contribution in [0.1, 0.15) is 13.8 Å². The van der Waals surface area contributed by atoms with Gasteiger partial charge in [-0.1, -0.05) is 5.92 Å². The first-order valence-corrected chi connectivity index (χ1v) is 8.06.